The van der Waals surface area contributed by atoms with E-state index in [4.69, 9.17) is 0 Å². The van der Waals surface area contributed by atoms with E-state index >= 15 is 0 Å². The van der Waals surface area contributed by atoms with E-state index in [1.807, 2.05) is 13.8 Å². The average Bonchev–Trinajstić information content (AvgIpc) is 2.40. The first-order valence-electron chi connectivity index (χ1n) is 7.01. The molecule has 0 spiro atoms. The highest BCUT2D eigenvalue weighted by Gasteiger charge is 2.19. The summed E-state index contributed by atoms with van der Waals surface area (Å²) >= 11 is 0. The van der Waals surface area contributed by atoms with Crippen molar-refractivity contribution in [3.05, 3.63) is 35.4 Å². The third kappa shape index (κ3) is 4.51. The lowest BCUT2D eigenvalue weighted by Crippen LogP contribution is -2.35. The van der Waals surface area contributed by atoms with Crippen molar-refractivity contribution in [2.75, 3.05) is 13.1 Å². The zero-order valence-corrected chi connectivity index (χ0v) is 11.9. The summed E-state index contributed by atoms with van der Waals surface area (Å²) in [5.41, 5.74) is -0.336. The second-order valence-electron chi connectivity index (χ2n) is 4.95. The van der Waals surface area contributed by atoms with Gasteiger partial charge in [-0.25, -0.2) is 8.78 Å². The molecule has 0 saturated carbocycles. The van der Waals surface area contributed by atoms with Crippen LogP contribution in [0.15, 0.2) is 18.2 Å². The predicted octanol–water partition coefficient (Wildman–Crippen LogP) is 2.38. The standard InChI is InChI=1S/C15H23F2NO2/c1-3-10(4-2)13(19)8-18-9-14(20)15-11(16)6-5-7-12(15)17/h5-7,10,13-14,18-20H,3-4,8-9H2,1-2H3. The molecule has 1 aromatic rings. The lowest BCUT2D eigenvalue weighted by atomic mass is 9.96. The summed E-state index contributed by atoms with van der Waals surface area (Å²) in [5.74, 6) is -1.34. The SMILES string of the molecule is CCC(CC)C(O)CNCC(O)c1c(F)cccc1F. The fraction of sp³-hybridized carbons (Fsp3) is 0.600. The lowest BCUT2D eigenvalue weighted by Gasteiger charge is -2.21. The van der Waals surface area contributed by atoms with Crippen LogP contribution in [0.1, 0.15) is 38.4 Å². The molecule has 0 fully saturated rings. The van der Waals surface area contributed by atoms with E-state index in [1.165, 1.54) is 6.07 Å². The van der Waals surface area contributed by atoms with E-state index in [1.54, 1.807) is 0 Å². The molecule has 5 heteroatoms. The normalized spacial score (nSPS) is 14.6. The molecule has 1 rings (SSSR count). The Hall–Kier alpha value is -1.04. The minimum absolute atomic E-state index is 0.00490. The van der Waals surface area contributed by atoms with Crippen LogP contribution in [0, 0.1) is 17.6 Å². The number of halogens is 2. The zero-order valence-electron chi connectivity index (χ0n) is 11.9. The molecule has 0 aliphatic heterocycles. The summed E-state index contributed by atoms with van der Waals surface area (Å²) in [5, 5.41) is 22.6. The van der Waals surface area contributed by atoms with E-state index in [-0.39, 0.29) is 18.0 Å². The van der Waals surface area contributed by atoms with Crippen molar-refractivity contribution in [1.82, 2.24) is 5.32 Å². The second-order valence-corrected chi connectivity index (χ2v) is 4.95. The fourth-order valence-electron chi connectivity index (χ4n) is 2.30. The molecule has 114 valence electrons. The summed E-state index contributed by atoms with van der Waals surface area (Å²) in [6.07, 6.45) is -0.0685. The molecule has 2 unspecified atom stereocenters. The molecule has 0 bridgehead atoms. The molecule has 0 aliphatic carbocycles. The Balaban J connectivity index is 2.50. The number of rotatable bonds is 8. The Morgan fingerprint density at radius 2 is 1.60 bits per heavy atom. The van der Waals surface area contributed by atoms with Crippen molar-refractivity contribution >= 4 is 0 Å². The zero-order chi connectivity index (χ0) is 15.1. The number of nitrogens with one attached hydrogen (secondary N) is 1. The molecule has 3 N–H and O–H groups in total. The van der Waals surface area contributed by atoms with Crippen LogP contribution in [0.25, 0.3) is 0 Å². The van der Waals surface area contributed by atoms with Crippen LogP contribution in [0.3, 0.4) is 0 Å². The van der Waals surface area contributed by atoms with Gasteiger partial charge in [0.15, 0.2) is 0 Å². The van der Waals surface area contributed by atoms with Crippen molar-refractivity contribution < 1.29 is 19.0 Å². The van der Waals surface area contributed by atoms with Gasteiger partial charge in [-0.05, 0) is 18.1 Å². The van der Waals surface area contributed by atoms with Crippen LogP contribution >= 0.6 is 0 Å². The second kappa shape index (κ2) is 8.29. The third-order valence-corrected chi connectivity index (χ3v) is 3.62. The number of aliphatic hydroxyl groups is 2. The maximum atomic E-state index is 13.4. The van der Waals surface area contributed by atoms with Crippen LogP contribution < -0.4 is 5.32 Å². The van der Waals surface area contributed by atoms with Gasteiger partial charge in [-0.2, -0.15) is 0 Å². The summed E-state index contributed by atoms with van der Waals surface area (Å²) in [6, 6.07) is 3.48. The van der Waals surface area contributed by atoms with Crippen LogP contribution in [0.2, 0.25) is 0 Å². The fourth-order valence-corrected chi connectivity index (χ4v) is 2.30. The van der Waals surface area contributed by atoms with Crippen molar-refractivity contribution in [1.29, 1.82) is 0 Å². The van der Waals surface area contributed by atoms with Crippen molar-refractivity contribution in [2.24, 2.45) is 5.92 Å². The van der Waals surface area contributed by atoms with Gasteiger partial charge < -0.3 is 15.5 Å². The van der Waals surface area contributed by atoms with Gasteiger partial charge in [0.25, 0.3) is 0 Å². The van der Waals surface area contributed by atoms with Crippen LogP contribution in [-0.2, 0) is 0 Å². The summed E-state index contributed by atoms with van der Waals surface area (Å²) in [7, 11) is 0. The quantitative estimate of drug-likeness (QED) is 0.688. The first-order chi connectivity index (χ1) is 9.51. The molecule has 0 radical (unpaired) electrons. The molecule has 2 atom stereocenters. The van der Waals surface area contributed by atoms with Gasteiger partial charge in [0.2, 0.25) is 0 Å². The molecule has 0 aromatic heterocycles. The Kier molecular flexibility index (Phi) is 7.05. The van der Waals surface area contributed by atoms with Crippen molar-refractivity contribution in [3.63, 3.8) is 0 Å². The van der Waals surface area contributed by atoms with E-state index in [9.17, 15) is 19.0 Å². The Labute approximate surface area is 118 Å². The average molecular weight is 287 g/mol. The number of hydrogen-bond acceptors (Lipinski definition) is 3. The first kappa shape index (κ1) is 17.0. The van der Waals surface area contributed by atoms with Gasteiger partial charge in [-0.15, -0.1) is 0 Å². The Morgan fingerprint density at radius 3 is 2.10 bits per heavy atom. The summed E-state index contributed by atoms with van der Waals surface area (Å²) in [4.78, 5) is 0. The number of aliphatic hydroxyl groups excluding tert-OH is 2. The Morgan fingerprint density at radius 1 is 1.05 bits per heavy atom. The van der Waals surface area contributed by atoms with Crippen LogP contribution in [0.5, 0.6) is 0 Å². The van der Waals surface area contributed by atoms with E-state index in [2.05, 4.69) is 5.32 Å². The summed E-state index contributed by atoms with van der Waals surface area (Å²) < 4.78 is 26.9. The molecular formula is C15H23F2NO2. The topological polar surface area (TPSA) is 52.5 Å². The molecule has 0 amide bonds. The van der Waals surface area contributed by atoms with E-state index in [0.29, 0.717) is 6.54 Å². The minimum Gasteiger partial charge on any atom is -0.392 e. The minimum atomic E-state index is -1.27. The lowest BCUT2D eigenvalue weighted by molar-refractivity contribution is 0.0937. The predicted molar refractivity (Wildman–Crippen MR) is 74.3 cm³/mol. The highest BCUT2D eigenvalue weighted by Crippen LogP contribution is 2.20. The number of benzene rings is 1. The van der Waals surface area contributed by atoms with Crippen LogP contribution in [0.4, 0.5) is 8.78 Å². The largest absolute Gasteiger partial charge is 0.392 e. The highest BCUT2D eigenvalue weighted by atomic mass is 19.1. The smallest absolute Gasteiger partial charge is 0.131 e. The van der Waals surface area contributed by atoms with Crippen molar-refractivity contribution in [2.45, 2.75) is 38.9 Å². The van der Waals surface area contributed by atoms with E-state index < -0.39 is 23.8 Å². The molecular weight excluding hydrogens is 264 g/mol. The molecule has 0 aliphatic rings. The van der Waals surface area contributed by atoms with Crippen molar-refractivity contribution in [3.8, 4) is 0 Å². The number of hydrogen-bond donors (Lipinski definition) is 3. The molecule has 3 nitrogen and oxygen atoms in total. The molecule has 0 heterocycles. The highest BCUT2D eigenvalue weighted by molar-refractivity contribution is 5.22. The molecule has 1 aromatic carbocycles. The van der Waals surface area contributed by atoms with E-state index in [0.717, 1.165) is 25.0 Å². The maximum absolute atomic E-state index is 13.4. The third-order valence-electron chi connectivity index (χ3n) is 3.62. The van der Waals surface area contributed by atoms with Gasteiger partial charge >= 0.3 is 0 Å². The maximum Gasteiger partial charge on any atom is 0.131 e. The summed E-state index contributed by atoms with van der Waals surface area (Å²) in [6.45, 7) is 4.29. The van der Waals surface area contributed by atoms with Gasteiger partial charge in [0.05, 0.1) is 17.8 Å². The molecule has 0 saturated heterocycles. The molecule has 20 heavy (non-hydrogen) atoms. The van der Waals surface area contributed by atoms with Gasteiger partial charge in [-0.1, -0.05) is 32.8 Å². The van der Waals surface area contributed by atoms with Gasteiger partial charge in [0.1, 0.15) is 11.6 Å². The van der Waals surface area contributed by atoms with Crippen LogP contribution in [-0.4, -0.2) is 29.4 Å². The monoisotopic (exact) mass is 287 g/mol. The first-order valence-corrected chi connectivity index (χ1v) is 7.01. The van der Waals surface area contributed by atoms with Gasteiger partial charge in [-0.3, -0.25) is 0 Å². The Bertz CT molecular complexity index is 391. The van der Waals surface area contributed by atoms with Gasteiger partial charge in [0, 0.05) is 13.1 Å².